The fraction of sp³-hybridized carbons (Fsp3) is 0.793. The number of carbonyl (C=O) groups is 2. The van der Waals surface area contributed by atoms with E-state index in [1.165, 1.54) is 5.01 Å². The smallest absolute Gasteiger partial charge is 0.407 e. The van der Waals surface area contributed by atoms with Crippen molar-refractivity contribution in [2.75, 3.05) is 18.5 Å². The summed E-state index contributed by atoms with van der Waals surface area (Å²) in [6, 6.07) is 0.394. The Kier molecular flexibility index (Phi) is 19.0. The van der Waals surface area contributed by atoms with Crippen LogP contribution in [0.5, 0.6) is 0 Å². The molecule has 2 amide bonds. The molecular weight excluding hydrogens is 644 g/mol. The summed E-state index contributed by atoms with van der Waals surface area (Å²) >= 11 is 9.81. The van der Waals surface area contributed by atoms with Gasteiger partial charge in [-0.15, -0.1) is 11.3 Å². The molecule has 1 aromatic heterocycles. The number of carbonyl (C=O) groups excluding carboxylic acids is 2. The topological polar surface area (TPSA) is 134 Å². The number of thiazole rings is 1. The summed E-state index contributed by atoms with van der Waals surface area (Å²) in [5.74, 6) is 0.787. The average molecular weight is 698 g/mol. The zero-order chi connectivity index (χ0) is 31.2. The number of hydrogen-bond donors (Lipinski definition) is 3. The molecule has 3 rings (SSSR count). The molecule has 1 aromatic rings. The molecule has 2 aliphatic rings. The highest BCUT2D eigenvalue weighted by Crippen LogP contribution is 2.37. The summed E-state index contributed by atoms with van der Waals surface area (Å²) in [5, 5.41) is 9.57. The third-order valence-electron chi connectivity index (χ3n) is 5.75. The molecule has 2 fully saturated rings. The molecule has 1 heterocycles. The normalized spacial score (nSPS) is 21.0. The Morgan fingerprint density at radius 1 is 1.00 bits per heavy atom. The predicted molar refractivity (Wildman–Crippen MR) is 177 cm³/mol. The van der Waals surface area contributed by atoms with Crippen molar-refractivity contribution in [2.24, 2.45) is 11.7 Å². The molecule has 10 nitrogen and oxygen atoms in total. The summed E-state index contributed by atoms with van der Waals surface area (Å²) in [7, 11) is 0. The number of aromatic nitrogens is 1. The summed E-state index contributed by atoms with van der Waals surface area (Å²) in [4.78, 5) is 27.7. The minimum Gasteiger partial charge on any atom is -0.444 e. The van der Waals surface area contributed by atoms with Crippen LogP contribution in [0.25, 0.3) is 0 Å². The van der Waals surface area contributed by atoms with Gasteiger partial charge in [0.15, 0.2) is 6.29 Å². The first kappa shape index (κ1) is 40.5. The number of amides is 2. The van der Waals surface area contributed by atoms with Gasteiger partial charge in [-0.2, -0.15) is 0 Å². The number of nitrogens with two attached hydrogens (primary N) is 1. The van der Waals surface area contributed by atoms with Crippen molar-refractivity contribution < 1.29 is 28.5 Å². The fourth-order valence-electron chi connectivity index (χ4n) is 3.80. The van der Waals surface area contributed by atoms with Gasteiger partial charge >= 0.3 is 12.2 Å². The van der Waals surface area contributed by atoms with Gasteiger partial charge in [-0.05, 0) is 81.1 Å². The van der Waals surface area contributed by atoms with Gasteiger partial charge < -0.3 is 35.3 Å². The third-order valence-corrected chi connectivity index (χ3v) is 7.55. The first-order valence-corrected chi connectivity index (χ1v) is 16.4. The molecule has 4 N–H and O–H groups in total. The van der Waals surface area contributed by atoms with Crippen LogP contribution in [0.3, 0.4) is 0 Å². The van der Waals surface area contributed by atoms with E-state index < -0.39 is 11.2 Å². The van der Waals surface area contributed by atoms with Crippen molar-refractivity contribution >= 4 is 56.7 Å². The molecule has 42 heavy (non-hydrogen) atoms. The SMILES string of the molecule is C.CC(C)(C)OC(=O)NC1CC(C(N)=S)C1.CC(C)(C)OC(=O)NC1CC(c2nccs2)C1.CCOC(CBr)OCC. The lowest BCUT2D eigenvalue weighted by Crippen LogP contribution is -2.49. The molecule has 0 radical (unpaired) electrons. The summed E-state index contributed by atoms with van der Waals surface area (Å²) in [6.07, 6.45) is 4.66. The Balaban J connectivity index is 0.000000622. The lowest BCUT2D eigenvalue weighted by Gasteiger charge is -2.35. The van der Waals surface area contributed by atoms with Gasteiger partial charge in [-0.3, -0.25) is 0 Å². The first-order valence-electron chi connectivity index (χ1n) is 14.0. The van der Waals surface area contributed by atoms with E-state index in [1.807, 2.05) is 67.0 Å². The van der Waals surface area contributed by atoms with Crippen LogP contribution < -0.4 is 16.4 Å². The molecule has 244 valence electrons. The summed E-state index contributed by atoms with van der Waals surface area (Å²) in [5.41, 5.74) is 4.60. The van der Waals surface area contributed by atoms with Crippen molar-refractivity contribution in [3.63, 3.8) is 0 Å². The van der Waals surface area contributed by atoms with E-state index in [9.17, 15) is 9.59 Å². The number of nitrogens with zero attached hydrogens (tertiary/aromatic N) is 1. The minimum absolute atomic E-state index is 0. The number of alkyl carbamates (subject to hydrolysis) is 2. The molecule has 13 heteroatoms. The molecule has 0 spiro atoms. The number of ether oxygens (including phenoxy) is 4. The van der Waals surface area contributed by atoms with Gasteiger partial charge in [0.05, 0.1) is 15.3 Å². The van der Waals surface area contributed by atoms with Gasteiger partial charge in [-0.1, -0.05) is 35.6 Å². The number of nitrogens with one attached hydrogen (secondary N) is 2. The van der Waals surface area contributed by atoms with Crippen LogP contribution in [0.15, 0.2) is 11.6 Å². The van der Waals surface area contributed by atoms with Gasteiger partial charge in [0, 0.05) is 48.7 Å². The lowest BCUT2D eigenvalue weighted by molar-refractivity contribution is -0.119. The monoisotopic (exact) mass is 696 g/mol. The Morgan fingerprint density at radius 3 is 1.79 bits per heavy atom. The Bertz CT molecular complexity index is 906. The molecule has 0 atom stereocenters. The van der Waals surface area contributed by atoms with Crippen molar-refractivity contribution in [3.8, 4) is 0 Å². The number of alkyl halides is 1. The van der Waals surface area contributed by atoms with Crippen LogP contribution in [0.2, 0.25) is 0 Å². The quantitative estimate of drug-likeness (QED) is 0.143. The van der Waals surface area contributed by atoms with E-state index in [-0.39, 0.29) is 43.9 Å². The van der Waals surface area contributed by atoms with Crippen molar-refractivity contribution in [2.45, 2.75) is 124 Å². The summed E-state index contributed by atoms with van der Waals surface area (Å²) < 4.78 is 20.7. The van der Waals surface area contributed by atoms with Gasteiger partial charge in [0.25, 0.3) is 0 Å². The molecule has 0 aromatic carbocycles. The van der Waals surface area contributed by atoms with Crippen LogP contribution in [-0.2, 0) is 18.9 Å². The zero-order valence-electron chi connectivity index (χ0n) is 25.7. The number of rotatable bonds is 9. The zero-order valence-corrected chi connectivity index (χ0v) is 28.9. The number of halogens is 1. The van der Waals surface area contributed by atoms with Gasteiger partial charge in [0.2, 0.25) is 0 Å². The minimum atomic E-state index is -0.448. The predicted octanol–water partition coefficient (Wildman–Crippen LogP) is 6.91. The molecule has 0 unspecified atom stereocenters. The van der Waals surface area contributed by atoms with Crippen LogP contribution in [-0.4, -0.2) is 70.3 Å². The van der Waals surface area contributed by atoms with E-state index in [4.69, 9.17) is 36.9 Å². The van der Waals surface area contributed by atoms with Crippen LogP contribution in [0, 0.1) is 5.92 Å². The molecule has 0 aliphatic heterocycles. The molecule has 0 saturated heterocycles. The third kappa shape index (κ3) is 17.5. The molecule has 2 saturated carbocycles. The van der Waals surface area contributed by atoms with E-state index in [0.29, 0.717) is 24.1 Å². The lowest BCUT2D eigenvalue weighted by atomic mass is 9.80. The van der Waals surface area contributed by atoms with Crippen LogP contribution in [0.4, 0.5) is 9.59 Å². The molecular formula is C29H53BrN4O6S2. The fourth-order valence-corrected chi connectivity index (χ4v) is 5.13. The Labute approximate surface area is 270 Å². The second-order valence-electron chi connectivity index (χ2n) is 11.8. The highest BCUT2D eigenvalue weighted by Gasteiger charge is 2.34. The second-order valence-corrected chi connectivity index (χ2v) is 13.8. The van der Waals surface area contributed by atoms with Crippen LogP contribution in [0.1, 0.15) is 99.4 Å². The first-order chi connectivity index (χ1) is 19.1. The second kappa shape index (κ2) is 19.7. The number of hydrogen-bond acceptors (Lipinski definition) is 9. The molecule has 0 bridgehead atoms. The van der Waals surface area contributed by atoms with E-state index in [1.54, 1.807) is 11.3 Å². The van der Waals surface area contributed by atoms with Crippen LogP contribution >= 0.6 is 39.5 Å². The standard InChI is InChI=1S/C12H18N2O2S.C10H18N2O2S.C6H13BrO2.CH4/c1-12(2,3)16-11(15)14-9-6-8(7-9)10-13-4-5-17-10;1-10(2,3)14-9(13)12-7-4-6(5-7)8(11)15;1-3-8-6(5-7)9-4-2;/h4-5,8-9H,6-7H2,1-3H3,(H,14,15);6-7H,4-5H2,1-3H3,(H2,11,15)(H,12,13);6H,3-5H2,1-2H3;1H4. The maximum atomic E-state index is 11.5. The Hall–Kier alpha value is -1.54. The highest BCUT2D eigenvalue weighted by atomic mass is 79.9. The molecule has 2 aliphatic carbocycles. The number of thiocarbonyl (C=S) groups is 1. The van der Waals surface area contributed by atoms with Crippen molar-refractivity contribution in [1.82, 2.24) is 15.6 Å². The van der Waals surface area contributed by atoms with Gasteiger partial charge in [-0.25, -0.2) is 14.6 Å². The summed E-state index contributed by atoms with van der Waals surface area (Å²) in [6.45, 7) is 16.4. The van der Waals surface area contributed by atoms with E-state index in [0.717, 1.165) is 31.0 Å². The maximum Gasteiger partial charge on any atom is 0.407 e. The largest absolute Gasteiger partial charge is 0.444 e. The van der Waals surface area contributed by atoms with Crippen molar-refractivity contribution in [3.05, 3.63) is 16.6 Å². The van der Waals surface area contributed by atoms with Crippen molar-refractivity contribution in [1.29, 1.82) is 0 Å². The average Bonchev–Trinajstić information content (AvgIpc) is 3.30. The van der Waals surface area contributed by atoms with E-state index >= 15 is 0 Å². The van der Waals surface area contributed by atoms with E-state index in [2.05, 4.69) is 31.5 Å². The van der Waals surface area contributed by atoms with Gasteiger partial charge in [0.1, 0.15) is 11.2 Å². The Morgan fingerprint density at radius 2 is 1.45 bits per heavy atom. The maximum absolute atomic E-state index is 11.5. The highest BCUT2D eigenvalue weighted by molar-refractivity contribution is 9.09.